The first-order valence-electron chi connectivity index (χ1n) is 9.29. The molecule has 27 heavy (non-hydrogen) atoms. The maximum absolute atomic E-state index is 13.0. The molecular weight excluding hydrogens is 370 g/mol. The number of ether oxygens (including phenoxy) is 3. The van der Waals surface area contributed by atoms with Gasteiger partial charge < -0.3 is 14.2 Å². The highest BCUT2D eigenvalue weighted by atomic mass is 32.2. The fourth-order valence-corrected chi connectivity index (χ4v) is 4.99. The minimum absolute atomic E-state index is 0.188. The van der Waals surface area contributed by atoms with Crippen molar-refractivity contribution in [1.29, 1.82) is 0 Å². The van der Waals surface area contributed by atoms with Gasteiger partial charge in [-0.3, -0.25) is 9.80 Å². The molecule has 0 aliphatic carbocycles. The zero-order valence-corrected chi connectivity index (χ0v) is 16.9. The number of methoxy groups -OCH3 is 2. The van der Waals surface area contributed by atoms with E-state index in [1.54, 1.807) is 29.6 Å². The van der Waals surface area contributed by atoms with Crippen LogP contribution >= 0.6 is 0 Å². The number of morpholine rings is 1. The summed E-state index contributed by atoms with van der Waals surface area (Å²) in [5.74, 6) is 0.878. The lowest BCUT2D eigenvalue weighted by Crippen LogP contribution is -2.50. The molecule has 9 heteroatoms. The monoisotopic (exact) mass is 399 g/mol. The van der Waals surface area contributed by atoms with E-state index in [0.717, 1.165) is 52.5 Å². The molecule has 2 saturated heterocycles. The molecule has 152 valence electrons. The Morgan fingerprint density at radius 1 is 0.926 bits per heavy atom. The molecule has 0 saturated carbocycles. The summed E-state index contributed by atoms with van der Waals surface area (Å²) in [6.45, 7) is 7.97. The van der Waals surface area contributed by atoms with Crippen molar-refractivity contribution in [2.24, 2.45) is 0 Å². The van der Waals surface area contributed by atoms with E-state index in [1.165, 1.54) is 7.11 Å². The number of sulfonamides is 1. The standard InChI is InChI=1S/C18H29N3O5S/c1-24-16-3-4-18(17(15-16)25-2)27(22,23)21-9-7-19(8-10-21)5-6-20-11-13-26-14-12-20/h3-4,15H,5-14H2,1-2H3. The second-order valence-electron chi connectivity index (χ2n) is 6.72. The van der Waals surface area contributed by atoms with Crippen molar-refractivity contribution in [1.82, 2.24) is 14.1 Å². The lowest BCUT2D eigenvalue weighted by molar-refractivity contribution is 0.0317. The van der Waals surface area contributed by atoms with Crippen molar-refractivity contribution < 1.29 is 22.6 Å². The van der Waals surface area contributed by atoms with Crippen LogP contribution in [0.4, 0.5) is 0 Å². The summed E-state index contributed by atoms with van der Waals surface area (Å²) < 4.78 is 43.4. The van der Waals surface area contributed by atoms with Crippen LogP contribution in [0, 0.1) is 0 Å². The Kier molecular flexibility index (Phi) is 6.93. The maximum Gasteiger partial charge on any atom is 0.246 e. The third-order valence-electron chi connectivity index (χ3n) is 5.16. The zero-order chi connectivity index (χ0) is 19.3. The van der Waals surface area contributed by atoms with Gasteiger partial charge in [-0.15, -0.1) is 0 Å². The summed E-state index contributed by atoms with van der Waals surface area (Å²) in [7, 11) is -0.579. The molecule has 0 aromatic heterocycles. The molecule has 0 radical (unpaired) electrons. The molecule has 3 rings (SSSR count). The zero-order valence-electron chi connectivity index (χ0n) is 16.1. The van der Waals surface area contributed by atoms with Crippen molar-refractivity contribution >= 4 is 10.0 Å². The first-order valence-corrected chi connectivity index (χ1v) is 10.7. The highest BCUT2D eigenvalue weighted by molar-refractivity contribution is 7.89. The molecule has 0 N–H and O–H groups in total. The van der Waals surface area contributed by atoms with Crippen LogP contribution in [-0.2, 0) is 14.8 Å². The summed E-state index contributed by atoms with van der Waals surface area (Å²) in [4.78, 5) is 4.91. The van der Waals surface area contributed by atoms with Gasteiger partial charge in [-0.05, 0) is 12.1 Å². The first kappa shape index (κ1) is 20.3. The molecule has 2 aliphatic rings. The molecule has 1 aromatic carbocycles. The largest absolute Gasteiger partial charge is 0.497 e. The molecule has 0 atom stereocenters. The molecule has 0 bridgehead atoms. The topological polar surface area (TPSA) is 71.6 Å². The molecule has 8 nitrogen and oxygen atoms in total. The van der Waals surface area contributed by atoms with Gasteiger partial charge in [0, 0.05) is 58.4 Å². The summed E-state index contributed by atoms with van der Waals surface area (Å²) in [5.41, 5.74) is 0. The average Bonchev–Trinajstić information content (AvgIpc) is 2.72. The Bertz CT molecular complexity index is 714. The minimum Gasteiger partial charge on any atom is -0.497 e. The van der Waals surface area contributed by atoms with E-state index >= 15 is 0 Å². The van der Waals surface area contributed by atoms with Crippen LogP contribution in [0.2, 0.25) is 0 Å². The molecule has 2 heterocycles. The predicted molar refractivity (Wildman–Crippen MR) is 102 cm³/mol. The van der Waals surface area contributed by atoms with Crippen molar-refractivity contribution in [3.63, 3.8) is 0 Å². The van der Waals surface area contributed by atoms with Crippen LogP contribution in [0.1, 0.15) is 0 Å². The van der Waals surface area contributed by atoms with Crippen molar-refractivity contribution in [2.45, 2.75) is 4.90 Å². The molecule has 2 aliphatic heterocycles. The summed E-state index contributed by atoms with van der Waals surface area (Å²) in [5, 5.41) is 0. The maximum atomic E-state index is 13.0. The van der Waals surface area contributed by atoms with Crippen LogP contribution in [0.25, 0.3) is 0 Å². The Balaban J connectivity index is 1.58. The lowest BCUT2D eigenvalue weighted by atomic mass is 10.3. The van der Waals surface area contributed by atoms with Crippen molar-refractivity contribution in [2.75, 3.05) is 79.8 Å². The number of rotatable bonds is 7. The third kappa shape index (κ3) is 4.91. The Morgan fingerprint density at radius 3 is 2.15 bits per heavy atom. The minimum atomic E-state index is -3.59. The first-order chi connectivity index (χ1) is 13.0. The fraction of sp³-hybridized carbons (Fsp3) is 0.667. The fourth-order valence-electron chi connectivity index (χ4n) is 3.43. The molecular formula is C18H29N3O5S. The predicted octanol–water partition coefficient (Wildman–Crippen LogP) is 0.342. The smallest absolute Gasteiger partial charge is 0.246 e. The van der Waals surface area contributed by atoms with Gasteiger partial charge in [0.05, 0.1) is 27.4 Å². The molecule has 0 spiro atoms. The van der Waals surface area contributed by atoms with Crippen LogP contribution < -0.4 is 9.47 Å². The summed E-state index contributed by atoms with van der Waals surface area (Å²) in [6.07, 6.45) is 0. The molecule has 0 unspecified atom stereocenters. The molecule has 0 amide bonds. The van der Waals surface area contributed by atoms with E-state index in [-0.39, 0.29) is 4.90 Å². The SMILES string of the molecule is COc1ccc(S(=O)(=O)N2CCN(CCN3CCOCC3)CC2)c(OC)c1. The van der Waals surface area contributed by atoms with Gasteiger partial charge in [0.2, 0.25) is 10.0 Å². The normalized spacial score (nSPS) is 20.5. The number of benzene rings is 1. The molecule has 1 aromatic rings. The second-order valence-corrected chi connectivity index (χ2v) is 8.62. The van der Waals surface area contributed by atoms with Crippen LogP contribution in [0.15, 0.2) is 23.1 Å². The van der Waals surface area contributed by atoms with Gasteiger partial charge in [0.25, 0.3) is 0 Å². The van der Waals surface area contributed by atoms with Gasteiger partial charge in [-0.2, -0.15) is 4.31 Å². The summed E-state index contributed by atoms with van der Waals surface area (Å²) in [6, 6.07) is 4.80. The van der Waals surface area contributed by atoms with Gasteiger partial charge >= 0.3 is 0 Å². The number of hydrogen-bond acceptors (Lipinski definition) is 7. The van der Waals surface area contributed by atoms with E-state index in [4.69, 9.17) is 14.2 Å². The second kappa shape index (κ2) is 9.20. The lowest BCUT2D eigenvalue weighted by Gasteiger charge is -2.35. The Hall–Kier alpha value is -1.39. The van der Waals surface area contributed by atoms with Gasteiger partial charge in [0.1, 0.15) is 16.4 Å². The Morgan fingerprint density at radius 2 is 1.56 bits per heavy atom. The highest BCUT2D eigenvalue weighted by Gasteiger charge is 2.31. The van der Waals surface area contributed by atoms with Crippen LogP contribution in [0.5, 0.6) is 11.5 Å². The average molecular weight is 400 g/mol. The van der Waals surface area contributed by atoms with E-state index in [0.29, 0.717) is 24.6 Å². The highest BCUT2D eigenvalue weighted by Crippen LogP contribution is 2.31. The molecule has 2 fully saturated rings. The van der Waals surface area contributed by atoms with Crippen LogP contribution in [0.3, 0.4) is 0 Å². The van der Waals surface area contributed by atoms with E-state index in [1.807, 2.05) is 0 Å². The van der Waals surface area contributed by atoms with Crippen LogP contribution in [-0.4, -0.2) is 102 Å². The van der Waals surface area contributed by atoms with Crippen molar-refractivity contribution in [3.05, 3.63) is 18.2 Å². The van der Waals surface area contributed by atoms with Gasteiger partial charge in [-0.25, -0.2) is 8.42 Å². The summed E-state index contributed by atoms with van der Waals surface area (Å²) >= 11 is 0. The van der Waals surface area contributed by atoms with Crippen molar-refractivity contribution in [3.8, 4) is 11.5 Å². The quantitative estimate of drug-likeness (QED) is 0.655. The Labute approximate surface area is 161 Å². The number of nitrogens with zero attached hydrogens (tertiary/aromatic N) is 3. The van der Waals surface area contributed by atoms with E-state index in [2.05, 4.69) is 9.80 Å². The number of piperazine rings is 1. The van der Waals surface area contributed by atoms with E-state index < -0.39 is 10.0 Å². The van der Waals surface area contributed by atoms with Gasteiger partial charge in [-0.1, -0.05) is 0 Å². The third-order valence-corrected chi connectivity index (χ3v) is 7.09. The van der Waals surface area contributed by atoms with Gasteiger partial charge in [0.15, 0.2) is 0 Å². The number of hydrogen-bond donors (Lipinski definition) is 0. The van der Waals surface area contributed by atoms with E-state index in [9.17, 15) is 8.42 Å².